The van der Waals surface area contributed by atoms with Crippen LogP contribution in [0.15, 0.2) is 11.6 Å². The Labute approximate surface area is 234 Å². The summed E-state index contributed by atoms with van der Waals surface area (Å²) >= 11 is 0. The summed E-state index contributed by atoms with van der Waals surface area (Å²) in [4.78, 5) is 13.5. The third kappa shape index (κ3) is 4.58. The van der Waals surface area contributed by atoms with Crippen molar-refractivity contribution in [1.29, 1.82) is 0 Å². The Hall–Kier alpha value is -0.830. The lowest BCUT2D eigenvalue weighted by atomic mass is 9.45. The molecule has 0 aromatic rings. The van der Waals surface area contributed by atoms with Gasteiger partial charge < -0.3 is 29.9 Å². The van der Waals surface area contributed by atoms with Crippen LogP contribution in [0.4, 0.5) is 0 Å². The van der Waals surface area contributed by atoms with Crippen LogP contribution in [0.5, 0.6) is 0 Å². The maximum absolute atomic E-state index is 13.5. The van der Waals surface area contributed by atoms with Gasteiger partial charge in [-0.3, -0.25) is 4.79 Å². The Morgan fingerprint density at radius 3 is 2.41 bits per heavy atom. The molecule has 4 N–H and O–H groups in total. The minimum Gasteiger partial charge on any atom is -0.390 e. The van der Waals surface area contributed by atoms with Gasteiger partial charge >= 0.3 is 0 Å². The number of aliphatic hydroxyl groups is 4. The minimum atomic E-state index is -1.14. The van der Waals surface area contributed by atoms with Crippen molar-refractivity contribution < 1.29 is 34.7 Å². The lowest BCUT2D eigenvalue weighted by molar-refractivity contribution is -0.169. The van der Waals surface area contributed by atoms with Crippen molar-refractivity contribution in [1.82, 2.24) is 0 Å². The van der Waals surface area contributed by atoms with Gasteiger partial charge in [0.2, 0.25) is 0 Å². The molecular weight excluding hydrogens is 496 g/mol. The highest BCUT2D eigenvalue weighted by Crippen LogP contribution is 2.69. The Kier molecular flexibility index (Phi) is 7.30. The van der Waals surface area contributed by atoms with Crippen LogP contribution in [-0.4, -0.2) is 67.6 Å². The minimum absolute atomic E-state index is 0.00704. The van der Waals surface area contributed by atoms with E-state index in [0.717, 1.165) is 31.3 Å². The van der Waals surface area contributed by atoms with Gasteiger partial charge in [-0.05, 0) is 107 Å². The summed E-state index contributed by atoms with van der Waals surface area (Å²) in [5.74, 6) is 0.0623. The van der Waals surface area contributed by atoms with E-state index in [4.69, 9.17) is 9.47 Å². The van der Waals surface area contributed by atoms with E-state index >= 15 is 0 Å². The van der Waals surface area contributed by atoms with Crippen molar-refractivity contribution in [2.75, 3.05) is 0 Å². The number of allylic oxidation sites excluding steroid dienone is 1. The first kappa shape index (κ1) is 29.7. The first-order valence-electron chi connectivity index (χ1n) is 15.3. The van der Waals surface area contributed by atoms with Crippen LogP contribution >= 0.6 is 0 Å². The predicted octanol–water partition coefficient (Wildman–Crippen LogP) is 4.29. The molecule has 11 atom stereocenters. The standard InChI is InChI=1S/C32H52O7/c1-18(2)14-27-38-26(10-11-28(3,4)36)31(7,39-27)25-9-13-32(37)20-15-22(33)21-16-23(34)24(35)17-29(21,5)19(20)8-12-30(25,32)6/h15,18-19,21,23-27,34-37H,8-14,16-17H2,1-7H3. The van der Waals surface area contributed by atoms with Crippen molar-refractivity contribution in [3.63, 3.8) is 0 Å². The Balaban J connectivity index is 1.49. The molecule has 0 aromatic heterocycles. The van der Waals surface area contributed by atoms with Gasteiger partial charge in [-0.25, -0.2) is 0 Å². The van der Waals surface area contributed by atoms with Crippen molar-refractivity contribution in [3.05, 3.63) is 11.6 Å². The third-order valence-electron chi connectivity index (χ3n) is 11.8. The van der Waals surface area contributed by atoms with Crippen LogP contribution in [0.25, 0.3) is 0 Å². The molecule has 39 heavy (non-hydrogen) atoms. The van der Waals surface area contributed by atoms with Crippen molar-refractivity contribution in [2.45, 2.75) is 148 Å². The molecule has 222 valence electrons. The Bertz CT molecular complexity index is 1000. The number of aliphatic hydroxyl groups excluding tert-OH is 2. The fraction of sp³-hybridized carbons (Fsp3) is 0.906. The second kappa shape index (κ2) is 9.60. The average Bonchev–Trinajstić information content (AvgIpc) is 3.27. The smallest absolute Gasteiger partial charge is 0.159 e. The second-order valence-electron chi connectivity index (χ2n) is 15.4. The van der Waals surface area contributed by atoms with Crippen LogP contribution in [0, 0.1) is 34.5 Å². The number of hydrogen-bond donors (Lipinski definition) is 4. The fourth-order valence-corrected chi connectivity index (χ4v) is 9.63. The topological polar surface area (TPSA) is 116 Å². The molecule has 0 amide bonds. The monoisotopic (exact) mass is 548 g/mol. The lowest BCUT2D eigenvalue weighted by Crippen LogP contribution is -2.62. The molecule has 7 nitrogen and oxygen atoms in total. The van der Waals surface area contributed by atoms with Gasteiger partial charge in [0.25, 0.3) is 0 Å². The van der Waals surface area contributed by atoms with Gasteiger partial charge in [0.05, 0.1) is 35.1 Å². The molecule has 0 aromatic carbocycles. The number of fused-ring (bicyclic) bond motifs is 5. The summed E-state index contributed by atoms with van der Waals surface area (Å²) in [7, 11) is 0. The molecular formula is C32H52O7. The van der Waals surface area contributed by atoms with Gasteiger partial charge in [0.15, 0.2) is 12.1 Å². The Morgan fingerprint density at radius 2 is 1.77 bits per heavy atom. The van der Waals surface area contributed by atoms with E-state index < -0.39 is 39.8 Å². The zero-order chi connectivity index (χ0) is 28.8. The largest absolute Gasteiger partial charge is 0.390 e. The third-order valence-corrected chi connectivity index (χ3v) is 11.8. The van der Waals surface area contributed by atoms with E-state index in [9.17, 15) is 25.2 Å². The van der Waals surface area contributed by atoms with Gasteiger partial charge in [-0.15, -0.1) is 0 Å². The Morgan fingerprint density at radius 1 is 1.08 bits per heavy atom. The number of ether oxygens (including phenoxy) is 2. The quantitative estimate of drug-likeness (QED) is 0.391. The molecule has 1 saturated heterocycles. The highest BCUT2D eigenvalue weighted by Gasteiger charge is 2.70. The fourth-order valence-electron chi connectivity index (χ4n) is 9.63. The summed E-state index contributed by atoms with van der Waals surface area (Å²) in [6.45, 7) is 14.4. The number of carbonyl (C=O) groups is 1. The molecule has 1 heterocycles. The molecule has 5 rings (SSSR count). The van der Waals surface area contributed by atoms with Gasteiger partial charge in [-0.2, -0.15) is 0 Å². The van der Waals surface area contributed by atoms with E-state index in [2.05, 4.69) is 34.6 Å². The van der Waals surface area contributed by atoms with E-state index in [1.807, 2.05) is 13.8 Å². The SMILES string of the molecule is CC(C)CC1OC(CCC(C)(C)O)C(C)(C2CCC3(O)C4=CC(=O)C5CC(O)C(O)CC5(C)C4CCC23C)O1. The summed E-state index contributed by atoms with van der Waals surface area (Å²) in [5, 5.41) is 44.1. The van der Waals surface area contributed by atoms with Crippen LogP contribution in [0.1, 0.15) is 106 Å². The highest BCUT2D eigenvalue weighted by atomic mass is 16.7. The molecule has 1 aliphatic heterocycles. The predicted molar refractivity (Wildman–Crippen MR) is 148 cm³/mol. The van der Waals surface area contributed by atoms with E-state index in [0.29, 0.717) is 31.6 Å². The zero-order valence-electron chi connectivity index (χ0n) is 25.1. The first-order valence-corrected chi connectivity index (χ1v) is 15.3. The lowest BCUT2D eigenvalue weighted by Gasteiger charge is -2.60. The summed E-state index contributed by atoms with van der Waals surface area (Å²) in [6, 6.07) is 0. The van der Waals surface area contributed by atoms with Crippen LogP contribution in [0.3, 0.4) is 0 Å². The van der Waals surface area contributed by atoms with Gasteiger partial charge in [-0.1, -0.05) is 27.7 Å². The number of hydrogen-bond acceptors (Lipinski definition) is 7. The van der Waals surface area contributed by atoms with Crippen LogP contribution < -0.4 is 0 Å². The molecule has 11 unspecified atom stereocenters. The maximum atomic E-state index is 13.5. The summed E-state index contributed by atoms with van der Waals surface area (Å²) in [5.41, 5.74) is -2.74. The van der Waals surface area contributed by atoms with E-state index in [1.165, 1.54) is 0 Å². The molecule has 4 fully saturated rings. The number of carbonyl (C=O) groups excluding carboxylic acids is 1. The molecule has 0 bridgehead atoms. The molecule has 4 aliphatic carbocycles. The van der Waals surface area contributed by atoms with Gasteiger partial charge in [0, 0.05) is 17.8 Å². The highest BCUT2D eigenvalue weighted by molar-refractivity contribution is 5.95. The van der Waals surface area contributed by atoms with Crippen molar-refractivity contribution in [3.8, 4) is 0 Å². The van der Waals surface area contributed by atoms with Crippen LogP contribution in [-0.2, 0) is 14.3 Å². The van der Waals surface area contributed by atoms with E-state index in [1.54, 1.807) is 6.08 Å². The zero-order valence-corrected chi connectivity index (χ0v) is 25.1. The van der Waals surface area contributed by atoms with E-state index in [-0.39, 0.29) is 42.4 Å². The second-order valence-corrected chi connectivity index (χ2v) is 15.4. The van der Waals surface area contributed by atoms with Crippen molar-refractivity contribution >= 4 is 5.78 Å². The molecule has 0 spiro atoms. The molecule has 7 heteroatoms. The molecule has 0 radical (unpaired) electrons. The van der Waals surface area contributed by atoms with Crippen LogP contribution in [0.2, 0.25) is 0 Å². The first-order chi connectivity index (χ1) is 17.9. The summed E-state index contributed by atoms with van der Waals surface area (Å²) in [6.07, 6.45) is 5.09. The average molecular weight is 549 g/mol. The molecule has 5 aliphatic rings. The van der Waals surface area contributed by atoms with Crippen molar-refractivity contribution in [2.24, 2.45) is 34.5 Å². The number of rotatable bonds is 6. The normalized spacial score (nSPS) is 50.0. The van der Waals surface area contributed by atoms with Gasteiger partial charge in [0.1, 0.15) is 0 Å². The number of ketones is 1. The summed E-state index contributed by atoms with van der Waals surface area (Å²) < 4.78 is 13.4. The molecule has 3 saturated carbocycles. The maximum Gasteiger partial charge on any atom is 0.159 e.